The third-order valence-electron chi connectivity index (χ3n) is 3.99. The minimum atomic E-state index is -0.250. The predicted molar refractivity (Wildman–Crippen MR) is 121 cm³/mol. The minimum absolute atomic E-state index is 0.250. The highest BCUT2D eigenvalue weighted by Gasteiger charge is 2.15. The molecule has 2 aromatic rings. The quantitative estimate of drug-likeness (QED) is 0.525. The number of aryl methyl sites for hydroxylation is 2. The number of nitrogens with one attached hydrogen (secondary N) is 1. The lowest BCUT2D eigenvalue weighted by molar-refractivity contribution is -0.122. The van der Waals surface area contributed by atoms with Gasteiger partial charge in [0.2, 0.25) is 0 Å². The first-order valence-electron chi connectivity index (χ1n) is 8.67. The molecule has 0 radical (unpaired) electrons. The molecule has 2 heterocycles. The van der Waals surface area contributed by atoms with Crippen molar-refractivity contribution in [3.05, 3.63) is 46.3 Å². The summed E-state index contributed by atoms with van der Waals surface area (Å²) in [5, 5.41) is 9.64. The van der Waals surface area contributed by atoms with Crippen LogP contribution >= 0.6 is 28.1 Å². The molecule has 1 saturated heterocycles. The van der Waals surface area contributed by atoms with Crippen molar-refractivity contribution >= 4 is 51.6 Å². The largest absolute Gasteiger partial charge is 0.483 e. The predicted octanol–water partition coefficient (Wildman–Crippen LogP) is 3.36. The van der Waals surface area contributed by atoms with Gasteiger partial charge in [-0.05, 0) is 44.7 Å². The number of nitrogens with zero attached hydrogens (tertiary/aromatic N) is 4. The molecule has 1 aliphatic rings. The van der Waals surface area contributed by atoms with E-state index in [2.05, 4.69) is 85.4 Å². The van der Waals surface area contributed by atoms with E-state index < -0.39 is 0 Å². The van der Waals surface area contributed by atoms with Crippen LogP contribution in [0.3, 0.4) is 0 Å². The first-order chi connectivity index (χ1) is 13.4. The average Bonchev–Trinajstić information content (AvgIpc) is 2.66. The number of likely N-dealkylation sites (N-methyl/N-ethyl adjacent to an activating group) is 1. The normalized spacial score (nSPS) is 13.4. The highest BCUT2D eigenvalue weighted by molar-refractivity contribution is 9.10. The van der Waals surface area contributed by atoms with E-state index in [1.165, 1.54) is 16.7 Å². The van der Waals surface area contributed by atoms with Crippen molar-refractivity contribution in [2.45, 2.75) is 13.8 Å². The number of carbonyl (C=O) groups is 1. The van der Waals surface area contributed by atoms with Crippen molar-refractivity contribution in [2.24, 2.45) is 0 Å². The summed E-state index contributed by atoms with van der Waals surface area (Å²) in [6.45, 7) is 8.41. The van der Waals surface area contributed by atoms with Gasteiger partial charge in [0.15, 0.2) is 0 Å². The zero-order valence-corrected chi connectivity index (χ0v) is 18.7. The maximum absolute atomic E-state index is 8.36. The number of carboxylic acid groups (broad SMARTS) is 1. The molecule has 0 unspecified atom stereocenters. The van der Waals surface area contributed by atoms with Crippen molar-refractivity contribution in [1.82, 2.24) is 14.9 Å². The van der Waals surface area contributed by atoms with Crippen LogP contribution in [0.4, 0.5) is 11.5 Å². The lowest BCUT2D eigenvalue weighted by Gasteiger charge is -2.34. The van der Waals surface area contributed by atoms with Crippen LogP contribution in [0.1, 0.15) is 11.3 Å². The molecule has 0 saturated carbocycles. The molecule has 1 aromatic carbocycles. The molecule has 3 rings (SSSR count). The van der Waals surface area contributed by atoms with Crippen LogP contribution in [0, 0.1) is 13.8 Å². The SMILES string of the molecule is Cc1cc(Br)ccc1N1CCN(C)CC1.Cc1cnc(NC=S)cn1.O=CO. The van der Waals surface area contributed by atoms with Gasteiger partial charge in [-0.15, -0.1) is 0 Å². The number of anilines is 2. The summed E-state index contributed by atoms with van der Waals surface area (Å²) in [5.41, 5.74) is 5.04. The van der Waals surface area contributed by atoms with Crippen molar-refractivity contribution < 1.29 is 9.90 Å². The Labute approximate surface area is 179 Å². The fourth-order valence-electron chi connectivity index (χ4n) is 2.55. The van der Waals surface area contributed by atoms with Gasteiger partial charge in [-0.1, -0.05) is 28.1 Å². The van der Waals surface area contributed by atoms with Crippen LogP contribution < -0.4 is 10.2 Å². The van der Waals surface area contributed by atoms with Gasteiger partial charge in [0.1, 0.15) is 5.82 Å². The molecule has 1 fully saturated rings. The number of benzene rings is 1. The topological polar surface area (TPSA) is 81.6 Å². The van der Waals surface area contributed by atoms with Gasteiger partial charge in [0, 0.05) is 36.3 Å². The van der Waals surface area contributed by atoms with Gasteiger partial charge >= 0.3 is 0 Å². The van der Waals surface area contributed by atoms with Gasteiger partial charge in [-0.2, -0.15) is 0 Å². The summed E-state index contributed by atoms with van der Waals surface area (Å²) in [7, 11) is 2.19. The summed E-state index contributed by atoms with van der Waals surface area (Å²) in [4.78, 5) is 21.2. The monoisotopic (exact) mass is 467 g/mol. The van der Waals surface area contributed by atoms with E-state index in [4.69, 9.17) is 9.90 Å². The number of hydrogen-bond donors (Lipinski definition) is 2. The number of aromatic nitrogens is 2. The molecular weight excluding hydrogens is 442 g/mol. The second kappa shape index (κ2) is 13.1. The van der Waals surface area contributed by atoms with E-state index in [-0.39, 0.29) is 6.47 Å². The average molecular weight is 468 g/mol. The third kappa shape index (κ3) is 8.73. The van der Waals surface area contributed by atoms with Gasteiger partial charge < -0.3 is 20.2 Å². The Balaban J connectivity index is 0.000000261. The van der Waals surface area contributed by atoms with E-state index in [0.29, 0.717) is 5.82 Å². The Kier molecular flexibility index (Phi) is 11.2. The van der Waals surface area contributed by atoms with Crippen LogP contribution in [0.15, 0.2) is 35.1 Å². The third-order valence-corrected chi connectivity index (χ3v) is 4.60. The van der Waals surface area contributed by atoms with Crippen LogP contribution in [0.5, 0.6) is 0 Å². The fourth-order valence-corrected chi connectivity index (χ4v) is 3.14. The Morgan fingerprint density at radius 1 is 1.18 bits per heavy atom. The van der Waals surface area contributed by atoms with Crippen LogP contribution in [0.2, 0.25) is 0 Å². The van der Waals surface area contributed by atoms with Gasteiger partial charge in [-0.25, -0.2) is 4.98 Å². The molecule has 0 aliphatic carbocycles. The molecule has 0 spiro atoms. The molecule has 152 valence electrons. The smallest absolute Gasteiger partial charge is 0.290 e. The number of piperazine rings is 1. The minimum Gasteiger partial charge on any atom is -0.483 e. The molecule has 0 amide bonds. The first kappa shape index (κ1) is 23.9. The van der Waals surface area contributed by atoms with Crippen molar-refractivity contribution in [3.8, 4) is 0 Å². The Bertz CT molecular complexity index is 738. The zero-order valence-electron chi connectivity index (χ0n) is 16.3. The van der Waals surface area contributed by atoms with Gasteiger partial charge in [0.25, 0.3) is 6.47 Å². The molecule has 9 heteroatoms. The van der Waals surface area contributed by atoms with Crippen LogP contribution in [0.25, 0.3) is 0 Å². The van der Waals surface area contributed by atoms with E-state index >= 15 is 0 Å². The number of thiocarbonyl (C=S) groups is 1. The van der Waals surface area contributed by atoms with Gasteiger partial charge in [0.05, 0.1) is 23.6 Å². The van der Waals surface area contributed by atoms with Gasteiger partial charge in [-0.3, -0.25) is 9.78 Å². The number of halogens is 1. The van der Waals surface area contributed by atoms with E-state index in [1.54, 1.807) is 12.4 Å². The Morgan fingerprint density at radius 3 is 2.32 bits per heavy atom. The van der Waals surface area contributed by atoms with Crippen LogP contribution in [-0.2, 0) is 4.79 Å². The fraction of sp³-hybridized carbons (Fsp3) is 0.368. The molecule has 1 aromatic heterocycles. The zero-order chi connectivity index (χ0) is 20.9. The first-order valence-corrected chi connectivity index (χ1v) is 9.94. The molecule has 1 aliphatic heterocycles. The van der Waals surface area contributed by atoms with E-state index in [9.17, 15) is 0 Å². The molecule has 7 nitrogen and oxygen atoms in total. The maximum atomic E-state index is 8.36. The number of hydrogen-bond acceptors (Lipinski definition) is 6. The second-order valence-corrected chi connectivity index (χ2v) is 7.28. The summed E-state index contributed by atoms with van der Waals surface area (Å²) >= 11 is 8.07. The summed E-state index contributed by atoms with van der Waals surface area (Å²) < 4.78 is 1.16. The van der Waals surface area contributed by atoms with Crippen molar-refractivity contribution in [1.29, 1.82) is 0 Å². The Hall–Kier alpha value is -2.10. The van der Waals surface area contributed by atoms with Crippen LogP contribution in [-0.4, -0.2) is 65.2 Å². The molecule has 0 bridgehead atoms. The highest BCUT2D eigenvalue weighted by Crippen LogP contribution is 2.24. The molecular formula is C19H26BrN5O2S. The summed E-state index contributed by atoms with van der Waals surface area (Å²) in [5.74, 6) is 0.681. The van der Waals surface area contributed by atoms with E-state index in [1.807, 2.05) is 6.92 Å². The van der Waals surface area contributed by atoms with Crippen molar-refractivity contribution in [3.63, 3.8) is 0 Å². The summed E-state index contributed by atoms with van der Waals surface area (Å²) in [6.07, 6.45) is 3.32. The van der Waals surface area contributed by atoms with E-state index in [0.717, 1.165) is 36.3 Å². The van der Waals surface area contributed by atoms with Crippen molar-refractivity contribution in [2.75, 3.05) is 43.4 Å². The molecule has 2 N–H and O–H groups in total. The Morgan fingerprint density at radius 2 is 1.82 bits per heavy atom. The lowest BCUT2D eigenvalue weighted by atomic mass is 10.1. The molecule has 0 atom stereocenters. The highest BCUT2D eigenvalue weighted by atomic mass is 79.9. The maximum Gasteiger partial charge on any atom is 0.290 e. The number of rotatable bonds is 3. The summed E-state index contributed by atoms with van der Waals surface area (Å²) in [6, 6.07) is 6.53. The standard InChI is InChI=1S/C12H17BrN2.C6H7N3S.CH2O2/c1-10-9-11(13)3-4-12(10)15-7-5-14(2)6-8-15;1-5-2-8-6(3-7-5)9-4-10;2-1-3/h3-4,9H,5-8H2,1-2H3;2-4H,1H3,(H,8,9,10);1H,(H,2,3). The second-order valence-electron chi connectivity index (χ2n) is 6.13. The molecule has 28 heavy (non-hydrogen) atoms. The lowest BCUT2D eigenvalue weighted by Crippen LogP contribution is -2.44.